The van der Waals surface area contributed by atoms with E-state index in [0.29, 0.717) is 6.07 Å². The molecule has 0 saturated carbocycles. The van der Waals surface area contributed by atoms with Gasteiger partial charge >= 0.3 is 6.03 Å². The molecule has 0 saturated heterocycles. The summed E-state index contributed by atoms with van der Waals surface area (Å²) in [5, 5.41) is 2.04. The summed E-state index contributed by atoms with van der Waals surface area (Å²) < 4.78 is 25.6. The van der Waals surface area contributed by atoms with Gasteiger partial charge in [0.25, 0.3) is 0 Å². The van der Waals surface area contributed by atoms with Crippen LogP contribution in [0.3, 0.4) is 0 Å². The molecule has 1 aromatic rings. The van der Waals surface area contributed by atoms with Gasteiger partial charge in [-0.3, -0.25) is 9.63 Å². The molecule has 3 amide bonds. The Labute approximate surface area is 94.7 Å². The molecule has 0 radical (unpaired) electrons. The maximum atomic E-state index is 13.1. The molecule has 0 aliphatic rings. The molecular weight excluding hydrogens is 236 g/mol. The van der Waals surface area contributed by atoms with Crippen LogP contribution in [0.25, 0.3) is 0 Å². The number of hydrogen-bond donors (Lipinski definition) is 3. The van der Waals surface area contributed by atoms with Crippen molar-refractivity contribution in [2.24, 2.45) is 5.73 Å². The highest BCUT2D eigenvalue weighted by atomic mass is 19.1. The van der Waals surface area contributed by atoms with E-state index in [-0.39, 0.29) is 5.69 Å². The standard InChI is InChI=1S/C9H9F2N3O3/c10-5-1-2-7(6(11)3-5)13-9(16)14-17-4-8(12)15/h1-3H,4H2,(H2,12,15)(H2,13,14,16). The van der Waals surface area contributed by atoms with Crippen LogP contribution >= 0.6 is 0 Å². The van der Waals surface area contributed by atoms with Crippen molar-refractivity contribution < 1.29 is 23.2 Å². The number of amides is 3. The van der Waals surface area contributed by atoms with Gasteiger partial charge in [-0.05, 0) is 12.1 Å². The minimum Gasteiger partial charge on any atom is -0.368 e. The summed E-state index contributed by atoms with van der Waals surface area (Å²) in [7, 11) is 0. The summed E-state index contributed by atoms with van der Waals surface area (Å²) in [6.45, 7) is -0.515. The van der Waals surface area contributed by atoms with E-state index in [4.69, 9.17) is 5.73 Å². The van der Waals surface area contributed by atoms with E-state index in [1.165, 1.54) is 0 Å². The average Bonchev–Trinajstić information content (AvgIpc) is 2.21. The number of hydroxylamine groups is 1. The molecule has 0 aliphatic carbocycles. The predicted molar refractivity (Wildman–Crippen MR) is 53.7 cm³/mol. The van der Waals surface area contributed by atoms with E-state index in [2.05, 4.69) is 4.84 Å². The summed E-state index contributed by atoms with van der Waals surface area (Å²) in [5.74, 6) is -2.48. The third kappa shape index (κ3) is 4.43. The molecule has 6 nitrogen and oxygen atoms in total. The van der Waals surface area contributed by atoms with Crippen LogP contribution in [0, 0.1) is 11.6 Å². The van der Waals surface area contributed by atoms with Gasteiger partial charge in [0.1, 0.15) is 11.6 Å². The van der Waals surface area contributed by atoms with Crippen LogP contribution in [0.1, 0.15) is 0 Å². The van der Waals surface area contributed by atoms with Gasteiger partial charge in [0.15, 0.2) is 6.61 Å². The van der Waals surface area contributed by atoms with E-state index in [9.17, 15) is 18.4 Å². The normalized spacial score (nSPS) is 9.76. The fourth-order valence-electron chi connectivity index (χ4n) is 0.911. The van der Waals surface area contributed by atoms with Crippen LogP contribution in [-0.2, 0) is 9.63 Å². The first-order valence-corrected chi connectivity index (χ1v) is 4.41. The number of carbonyl (C=O) groups is 2. The Kier molecular flexibility index (Phi) is 4.35. The van der Waals surface area contributed by atoms with Crippen molar-refractivity contribution in [2.45, 2.75) is 0 Å². The quantitative estimate of drug-likeness (QED) is 0.674. The molecule has 0 atom stereocenters. The molecule has 17 heavy (non-hydrogen) atoms. The summed E-state index contributed by atoms with van der Waals surface area (Å²) in [5.41, 5.74) is 6.30. The molecule has 0 aromatic heterocycles. The first-order chi connectivity index (χ1) is 7.99. The summed E-state index contributed by atoms with van der Waals surface area (Å²) in [6.07, 6.45) is 0. The van der Waals surface area contributed by atoms with Crippen LogP contribution in [0.2, 0.25) is 0 Å². The Morgan fingerprint density at radius 3 is 2.65 bits per heavy atom. The van der Waals surface area contributed by atoms with E-state index in [1.54, 1.807) is 5.48 Å². The zero-order valence-corrected chi connectivity index (χ0v) is 8.50. The second-order valence-electron chi connectivity index (χ2n) is 2.94. The van der Waals surface area contributed by atoms with Crippen LogP contribution in [-0.4, -0.2) is 18.5 Å². The van der Waals surface area contributed by atoms with Gasteiger partial charge in [0.2, 0.25) is 5.91 Å². The van der Waals surface area contributed by atoms with Gasteiger partial charge in [-0.1, -0.05) is 0 Å². The van der Waals surface area contributed by atoms with Gasteiger partial charge in [0, 0.05) is 6.07 Å². The third-order valence-electron chi connectivity index (χ3n) is 1.56. The van der Waals surface area contributed by atoms with E-state index >= 15 is 0 Å². The van der Waals surface area contributed by atoms with Crippen molar-refractivity contribution in [3.8, 4) is 0 Å². The molecule has 0 unspecified atom stereocenters. The minimum absolute atomic E-state index is 0.230. The Bertz CT molecular complexity index is 439. The summed E-state index contributed by atoms with van der Waals surface area (Å²) >= 11 is 0. The van der Waals surface area contributed by atoms with Gasteiger partial charge in [-0.25, -0.2) is 19.1 Å². The summed E-state index contributed by atoms with van der Waals surface area (Å²) in [6, 6.07) is 1.71. The maximum Gasteiger partial charge on any atom is 0.343 e. The number of primary amides is 1. The van der Waals surface area contributed by atoms with Crippen molar-refractivity contribution in [1.82, 2.24) is 5.48 Å². The maximum absolute atomic E-state index is 13.1. The molecule has 0 heterocycles. The molecule has 92 valence electrons. The number of carbonyl (C=O) groups excluding carboxylic acids is 2. The SMILES string of the molecule is NC(=O)CONC(=O)Nc1ccc(F)cc1F. The predicted octanol–water partition coefficient (Wildman–Crippen LogP) is 0.503. The second-order valence-corrected chi connectivity index (χ2v) is 2.94. The molecule has 1 rings (SSSR count). The van der Waals surface area contributed by atoms with E-state index in [0.717, 1.165) is 12.1 Å². The molecule has 0 bridgehead atoms. The largest absolute Gasteiger partial charge is 0.368 e. The average molecular weight is 245 g/mol. The highest BCUT2D eigenvalue weighted by molar-refractivity contribution is 5.88. The van der Waals surface area contributed by atoms with E-state index < -0.39 is 30.2 Å². The molecule has 0 spiro atoms. The summed E-state index contributed by atoms with van der Waals surface area (Å²) in [4.78, 5) is 25.7. The topological polar surface area (TPSA) is 93.5 Å². The lowest BCUT2D eigenvalue weighted by Crippen LogP contribution is -2.32. The van der Waals surface area contributed by atoms with Gasteiger partial charge in [0.05, 0.1) is 5.69 Å². The van der Waals surface area contributed by atoms with E-state index in [1.807, 2.05) is 5.32 Å². The zero-order valence-electron chi connectivity index (χ0n) is 8.50. The number of halogens is 2. The smallest absolute Gasteiger partial charge is 0.343 e. The number of urea groups is 1. The number of anilines is 1. The Morgan fingerprint density at radius 2 is 2.06 bits per heavy atom. The zero-order chi connectivity index (χ0) is 12.8. The van der Waals surface area contributed by atoms with Gasteiger partial charge in [-0.2, -0.15) is 0 Å². The fourth-order valence-corrected chi connectivity index (χ4v) is 0.911. The van der Waals surface area contributed by atoms with Crippen LogP contribution < -0.4 is 16.5 Å². The highest BCUT2D eigenvalue weighted by Crippen LogP contribution is 2.14. The Balaban J connectivity index is 2.48. The van der Waals surface area contributed by atoms with Crippen molar-refractivity contribution in [2.75, 3.05) is 11.9 Å². The first-order valence-electron chi connectivity index (χ1n) is 4.41. The molecule has 4 N–H and O–H groups in total. The third-order valence-corrected chi connectivity index (χ3v) is 1.56. The van der Waals surface area contributed by atoms with Gasteiger partial charge in [-0.15, -0.1) is 0 Å². The van der Waals surface area contributed by atoms with Crippen LogP contribution in [0.15, 0.2) is 18.2 Å². The molecule has 0 fully saturated rings. The molecule has 1 aromatic carbocycles. The van der Waals surface area contributed by atoms with Crippen molar-refractivity contribution >= 4 is 17.6 Å². The number of nitrogens with two attached hydrogens (primary N) is 1. The lowest BCUT2D eigenvalue weighted by atomic mass is 10.3. The van der Waals surface area contributed by atoms with Crippen molar-refractivity contribution in [1.29, 1.82) is 0 Å². The van der Waals surface area contributed by atoms with Crippen LogP contribution in [0.4, 0.5) is 19.3 Å². The molecular formula is C9H9F2N3O3. The highest BCUT2D eigenvalue weighted by Gasteiger charge is 2.07. The van der Waals surface area contributed by atoms with Crippen molar-refractivity contribution in [3.63, 3.8) is 0 Å². The van der Waals surface area contributed by atoms with Crippen molar-refractivity contribution in [3.05, 3.63) is 29.8 Å². The number of rotatable bonds is 4. The number of hydrogen-bond acceptors (Lipinski definition) is 3. The Morgan fingerprint density at radius 1 is 1.35 bits per heavy atom. The first kappa shape index (κ1) is 12.8. The lowest BCUT2D eigenvalue weighted by molar-refractivity contribution is -0.124. The van der Waals surface area contributed by atoms with Crippen LogP contribution in [0.5, 0.6) is 0 Å². The molecule has 8 heteroatoms. The second kappa shape index (κ2) is 5.75. The Hall–Kier alpha value is -2.22. The van der Waals surface area contributed by atoms with Gasteiger partial charge < -0.3 is 11.1 Å². The fraction of sp³-hybridized carbons (Fsp3) is 0.111. The lowest BCUT2D eigenvalue weighted by Gasteiger charge is -2.07. The monoisotopic (exact) mass is 245 g/mol. The number of nitrogens with one attached hydrogen (secondary N) is 2. The molecule has 0 aliphatic heterocycles. The minimum atomic E-state index is -0.935. The number of benzene rings is 1.